The first-order chi connectivity index (χ1) is 8.68. The van der Waals surface area contributed by atoms with Crippen molar-refractivity contribution in [1.29, 1.82) is 0 Å². The monoisotopic (exact) mass is 265 g/mol. The molecule has 1 atom stereocenters. The fourth-order valence-corrected chi connectivity index (χ4v) is 2.97. The number of halogens is 1. The highest BCUT2D eigenvalue weighted by Gasteiger charge is 2.23. The summed E-state index contributed by atoms with van der Waals surface area (Å²) in [4.78, 5) is 12.2. The Bertz CT molecular complexity index is 413. The minimum atomic E-state index is -0.270. The Kier molecular flexibility index (Phi) is 4.79. The van der Waals surface area contributed by atoms with E-state index < -0.39 is 0 Å². The molecule has 0 aliphatic heterocycles. The van der Waals surface area contributed by atoms with Crippen LogP contribution in [-0.2, 0) is 4.79 Å². The molecule has 0 radical (unpaired) electrons. The minimum Gasteiger partial charge on any atom is -0.324 e. The van der Waals surface area contributed by atoms with E-state index in [1.807, 2.05) is 24.3 Å². The van der Waals surface area contributed by atoms with E-state index >= 15 is 0 Å². The molecule has 1 aliphatic rings. The minimum absolute atomic E-state index is 0.229. The van der Waals surface area contributed by atoms with Crippen molar-refractivity contribution in [1.82, 2.24) is 0 Å². The zero-order valence-corrected chi connectivity index (χ0v) is 11.3. The summed E-state index contributed by atoms with van der Waals surface area (Å²) in [6.07, 6.45) is 6.10. The largest absolute Gasteiger partial charge is 0.324 e. The molecule has 2 rings (SSSR count). The van der Waals surface area contributed by atoms with E-state index in [9.17, 15) is 4.79 Å². The summed E-state index contributed by atoms with van der Waals surface area (Å²) in [5.41, 5.74) is 6.98. The molecule has 98 valence electrons. The SMILES string of the molecule is NC(CC(=O)C1CCCCC1)c1ccccc1Cl. The lowest BCUT2D eigenvalue weighted by molar-refractivity contribution is -0.124. The van der Waals surface area contributed by atoms with E-state index in [0.29, 0.717) is 17.2 Å². The number of Topliss-reactive ketones (excluding diaryl/α,β-unsaturated/α-hetero) is 1. The van der Waals surface area contributed by atoms with E-state index in [4.69, 9.17) is 17.3 Å². The lowest BCUT2D eigenvalue weighted by Crippen LogP contribution is -2.23. The number of ketones is 1. The van der Waals surface area contributed by atoms with Crippen LogP contribution in [0.3, 0.4) is 0 Å². The van der Waals surface area contributed by atoms with Gasteiger partial charge >= 0.3 is 0 Å². The number of hydrogen-bond donors (Lipinski definition) is 1. The predicted molar refractivity (Wildman–Crippen MR) is 74.6 cm³/mol. The molecule has 1 aliphatic carbocycles. The number of benzene rings is 1. The highest BCUT2D eigenvalue weighted by atomic mass is 35.5. The first kappa shape index (κ1) is 13.6. The summed E-state index contributed by atoms with van der Waals surface area (Å²) < 4.78 is 0. The van der Waals surface area contributed by atoms with Crippen LogP contribution < -0.4 is 5.73 Å². The van der Waals surface area contributed by atoms with Crippen molar-refractivity contribution in [3.63, 3.8) is 0 Å². The van der Waals surface area contributed by atoms with Gasteiger partial charge in [-0.1, -0.05) is 49.1 Å². The van der Waals surface area contributed by atoms with Gasteiger partial charge in [-0.15, -0.1) is 0 Å². The van der Waals surface area contributed by atoms with E-state index in [0.717, 1.165) is 18.4 Å². The zero-order chi connectivity index (χ0) is 13.0. The summed E-state index contributed by atoms with van der Waals surface area (Å²) in [5.74, 6) is 0.536. The maximum Gasteiger partial charge on any atom is 0.137 e. The molecule has 0 heterocycles. The molecule has 1 fully saturated rings. The molecule has 1 aromatic rings. The normalized spacial score (nSPS) is 18.6. The Morgan fingerprint density at radius 1 is 1.28 bits per heavy atom. The summed E-state index contributed by atoms with van der Waals surface area (Å²) in [6, 6.07) is 7.24. The molecule has 2 N–H and O–H groups in total. The number of hydrogen-bond acceptors (Lipinski definition) is 2. The summed E-state index contributed by atoms with van der Waals surface area (Å²) in [6.45, 7) is 0. The lowest BCUT2D eigenvalue weighted by Gasteiger charge is -2.22. The third kappa shape index (κ3) is 3.33. The molecule has 3 heteroatoms. The second kappa shape index (κ2) is 6.35. The van der Waals surface area contributed by atoms with Crippen molar-refractivity contribution in [2.45, 2.75) is 44.6 Å². The molecule has 1 aromatic carbocycles. The first-order valence-electron chi connectivity index (χ1n) is 6.71. The molecular weight excluding hydrogens is 246 g/mol. The van der Waals surface area contributed by atoms with Gasteiger partial charge < -0.3 is 5.73 Å². The van der Waals surface area contributed by atoms with Gasteiger partial charge in [0, 0.05) is 23.4 Å². The third-order valence-electron chi connectivity index (χ3n) is 3.79. The van der Waals surface area contributed by atoms with Crippen LogP contribution in [0.1, 0.15) is 50.1 Å². The Morgan fingerprint density at radius 3 is 2.61 bits per heavy atom. The van der Waals surface area contributed by atoms with Gasteiger partial charge in [-0.25, -0.2) is 0 Å². The van der Waals surface area contributed by atoms with Crippen molar-refractivity contribution in [2.24, 2.45) is 11.7 Å². The molecular formula is C15H20ClNO. The highest BCUT2D eigenvalue weighted by Crippen LogP contribution is 2.29. The lowest BCUT2D eigenvalue weighted by atomic mass is 9.83. The average molecular weight is 266 g/mol. The number of rotatable bonds is 4. The van der Waals surface area contributed by atoms with Crippen LogP contribution >= 0.6 is 11.6 Å². The van der Waals surface area contributed by atoms with Gasteiger partial charge in [0.05, 0.1) is 0 Å². The predicted octanol–water partition coefficient (Wildman–Crippen LogP) is 3.88. The second-order valence-corrected chi connectivity index (χ2v) is 5.54. The maximum absolute atomic E-state index is 12.2. The van der Waals surface area contributed by atoms with Crippen molar-refractivity contribution in [3.8, 4) is 0 Å². The Morgan fingerprint density at radius 2 is 1.94 bits per heavy atom. The molecule has 1 unspecified atom stereocenters. The van der Waals surface area contributed by atoms with Crippen LogP contribution in [0.4, 0.5) is 0 Å². The summed E-state index contributed by atoms with van der Waals surface area (Å²) in [7, 11) is 0. The quantitative estimate of drug-likeness (QED) is 0.898. The van der Waals surface area contributed by atoms with E-state index in [-0.39, 0.29) is 12.0 Å². The summed E-state index contributed by atoms with van der Waals surface area (Å²) in [5, 5.41) is 0.654. The van der Waals surface area contributed by atoms with Crippen LogP contribution in [0, 0.1) is 5.92 Å². The van der Waals surface area contributed by atoms with Crippen molar-refractivity contribution in [2.75, 3.05) is 0 Å². The smallest absolute Gasteiger partial charge is 0.137 e. The van der Waals surface area contributed by atoms with Gasteiger partial charge in [-0.3, -0.25) is 4.79 Å². The van der Waals surface area contributed by atoms with E-state index in [1.165, 1.54) is 19.3 Å². The average Bonchev–Trinajstić information content (AvgIpc) is 2.40. The van der Waals surface area contributed by atoms with Crippen LogP contribution in [-0.4, -0.2) is 5.78 Å². The topological polar surface area (TPSA) is 43.1 Å². The first-order valence-corrected chi connectivity index (χ1v) is 7.09. The van der Waals surface area contributed by atoms with Crippen LogP contribution in [0.15, 0.2) is 24.3 Å². The Hall–Kier alpha value is -0.860. The van der Waals surface area contributed by atoms with Crippen LogP contribution in [0.2, 0.25) is 5.02 Å². The number of nitrogens with two attached hydrogens (primary N) is 1. The van der Waals surface area contributed by atoms with E-state index in [2.05, 4.69) is 0 Å². The van der Waals surface area contributed by atoms with Gasteiger partial charge in [0.1, 0.15) is 5.78 Å². The van der Waals surface area contributed by atoms with Crippen molar-refractivity contribution in [3.05, 3.63) is 34.9 Å². The summed E-state index contributed by atoms with van der Waals surface area (Å²) >= 11 is 6.10. The Labute approximate surface area is 114 Å². The molecule has 0 aromatic heterocycles. The highest BCUT2D eigenvalue weighted by molar-refractivity contribution is 6.31. The van der Waals surface area contributed by atoms with Gasteiger partial charge in [0.25, 0.3) is 0 Å². The fraction of sp³-hybridized carbons (Fsp3) is 0.533. The fourth-order valence-electron chi connectivity index (χ4n) is 2.69. The molecule has 18 heavy (non-hydrogen) atoms. The Balaban J connectivity index is 1.96. The van der Waals surface area contributed by atoms with Crippen LogP contribution in [0.5, 0.6) is 0 Å². The van der Waals surface area contributed by atoms with Gasteiger partial charge in [0.15, 0.2) is 0 Å². The van der Waals surface area contributed by atoms with E-state index in [1.54, 1.807) is 0 Å². The number of carbonyl (C=O) groups is 1. The third-order valence-corrected chi connectivity index (χ3v) is 4.13. The van der Waals surface area contributed by atoms with Crippen molar-refractivity contribution >= 4 is 17.4 Å². The van der Waals surface area contributed by atoms with Gasteiger partial charge in [0.2, 0.25) is 0 Å². The zero-order valence-electron chi connectivity index (χ0n) is 10.6. The second-order valence-electron chi connectivity index (χ2n) is 5.13. The standard InChI is InChI=1S/C15H20ClNO/c16-13-9-5-4-8-12(13)14(17)10-15(18)11-6-2-1-3-7-11/h4-5,8-9,11,14H,1-3,6-7,10,17H2. The van der Waals surface area contributed by atoms with Gasteiger partial charge in [-0.2, -0.15) is 0 Å². The maximum atomic E-state index is 12.2. The molecule has 1 saturated carbocycles. The molecule has 0 spiro atoms. The van der Waals surface area contributed by atoms with Crippen LogP contribution in [0.25, 0.3) is 0 Å². The van der Waals surface area contributed by atoms with Crippen molar-refractivity contribution < 1.29 is 4.79 Å². The van der Waals surface area contributed by atoms with Gasteiger partial charge in [-0.05, 0) is 24.5 Å². The molecule has 0 saturated heterocycles. The number of carbonyl (C=O) groups excluding carboxylic acids is 1. The molecule has 0 amide bonds. The molecule has 0 bridgehead atoms. The molecule has 2 nitrogen and oxygen atoms in total.